The molecule has 0 saturated heterocycles. The predicted molar refractivity (Wildman–Crippen MR) is 39.8 cm³/mol. The molecular weight excluding hydrogens is 159 g/mol. The Hall–Kier alpha value is 0.500. The summed E-state index contributed by atoms with van der Waals surface area (Å²) >= 11 is 11.5. The van der Waals surface area contributed by atoms with Gasteiger partial charge in [0.15, 0.2) is 0 Å². The van der Waals surface area contributed by atoms with Crippen LogP contribution in [0, 0.1) is 0 Å². The van der Waals surface area contributed by atoms with Crippen LogP contribution in [0.15, 0.2) is 0 Å². The lowest BCUT2D eigenvalue weighted by atomic mass is 10.2. The molecule has 0 aromatic heterocycles. The highest BCUT2D eigenvalue weighted by atomic mass is 35.5. The van der Waals surface area contributed by atoms with E-state index in [0.717, 1.165) is 6.42 Å². The topological polar surface area (TPSA) is 52.0 Å². The van der Waals surface area contributed by atoms with Crippen molar-refractivity contribution in [1.82, 2.24) is 0 Å². The van der Waals surface area contributed by atoms with Gasteiger partial charge in [-0.1, -0.05) is 0 Å². The van der Waals surface area contributed by atoms with Crippen LogP contribution in [0.5, 0.6) is 0 Å². The maximum Gasteiger partial charge on any atom is 0.0666 e. The van der Waals surface area contributed by atoms with Crippen LogP contribution in [-0.2, 0) is 0 Å². The molecule has 0 bridgehead atoms. The average Bonchev–Trinajstić information content (AvgIpc) is 1.98. The lowest BCUT2D eigenvalue weighted by molar-refractivity contribution is 0.606. The molecule has 0 aromatic rings. The summed E-state index contributed by atoms with van der Waals surface area (Å²) in [5.74, 6) is 0. The minimum atomic E-state index is -0.151. The lowest BCUT2D eigenvalue weighted by Crippen LogP contribution is -2.41. The van der Waals surface area contributed by atoms with Crippen LogP contribution >= 0.6 is 23.2 Å². The number of hydrogen-bond donors (Lipinski definition) is 2. The van der Waals surface area contributed by atoms with E-state index in [-0.39, 0.29) is 22.8 Å². The minimum Gasteiger partial charge on any atom is -0.326 e. The largest absolute Gasteiger partial charge is 0.326 e. The fourth-order valence-corrected chi connectivity index (χ4v) is 1.69. The van der Waals surface area contributed by atoms with E-state index in [1.807, 2.05) is 0 Å². The highest BCUT2D eigenvalue weighted by Crippen LogP contribution is 2.26. The van der Waals surface area contributed by atoms with Gasteiger partial charge in [-0.25, -0.2) is 0 Å². The van der Waals surface area contributed by atoms with Gasteiger partial charge >= 0.3 is 0 Å². The van der Waals surface area contributed by atoms with Crippen molar-refractivity contribution in [3.05, 3.63) is 0 Å². The molecule has 4 heteroatoms. The molecule has 2 nitrogen and oxygen atoms in total. The second-order valence-electron chi connectivity index (χ2n) is 2.44. The van der Waals surface area contributed by atoms with E-state index in [1.165, 1.54) is 0 Å². The Morgan fingerprint density at radius 3 is 1.89 bits per heavy atom. The Balaban J connectivity index is 2.54. The van der Waals surface area contributed by atoms with Crippen molar-refractivity contribution in [1.29, 1.82) is 0 Å². The zero-order valence-electron chi connectivity index (χ0n) is 4.93. The first kappa shape index (κ1) is 7.61. The van der Waals surface area contributed by atoms with Crippen molar-refractivity contribution in [2.45, 2.75) is 29.3 Å². The third kappa shape index (κ3) is 1.32. The number of rotatable bonds is 0. The maximum atomic E-state index is 5.77. The second-order valence-corrected chi connectivity index (χ2v) is 3.50. The Labute approximate surface area is 64.5 Å². The summed E-state index contributed by atoms with van der Waals surface area (Å²) < 4.78 is 0. The molecule has 0 aromatic carbocycles. The summed E-state index contributed by atoms with van der Waals surface area (Å²) in [6.07, 6.45) is 0.733. The average molecular weight is 169 g/mol. The van der Waals surface area contributed by atoms with Gasteiger partial charge in [-0.3, -0.25) is 0 Å². The molecule has 0 amide bonds. The molecule has 1 aliphatic rings. The monoisotopic (exact) mass is 168 g/mol. The highest BCUT2D eigenvalue weighted by molar-refractivity contribution is 6.30. The van der Waals surface area contributed by atoms with Gasteiger partial charge in [0, 0.05) is 12.1 Å². The molecule has 1 saturated carbocycles. The van der Waals surface area contributed by atoms with Crippen LogP contribution in [0.25, 0.3) is 0 Å². The molecule has 0 spiro atoms. The summed E-state index contributed by atoms with van der Waals surface area (Å²) in [5.41, 5.74) is 11.1. The van der Waals surface area contributed by atoms with E-state index in [2.05, 4.69) is 0 Å². The van der Waals surface area contributed by atoms with E-state index < -0.39 is 0 Å². The van der Waals surface area contributed by atoms with Gasteiger partial charge < -0.3 is 11.5 Å². The first-order valence-corrected chi connectivity index (χ1v) is 3.79. The van der Waals surface area contributed by atoms with Crippen molar-refractivity contribution in [2.75, 3.05) is 0 Å². The van der Waals surface area contributed by atoms with Crippen LogP contribution in [0.1, 0.15) is 6.42 Å². The Morgan fingerprint density at radius 1 is 1.22 bits per heavy atom. The summed E-state index contributed by atoms with van der Waals surface area (Å²) in [5, 5.41) is -0.196. The van der Waals surface area contributed by atoms with Crippen LogP contribution in [0.3, 0.4) is 0 Å². The van der Waals surface area contributed by atoms with E-state index in [0.29, 0.717) is 0 Å². The molecule has 4 N–H and O–H groups in total. The van der Waals surface area contributed by atoms with Crippen molar-refractivity contribution < 1.29 is 0 Å². The number of hydrogen-bond acceptors (Lipinski definition) is 2. The van der Waals surface area contributed by atoms with Crippen LogP contribution in [-0.4, -0.2) is 22.8 Å². The number of alkyl halides is 2. The Morgan fingerprint density at radius 2 is 1.78 bits per heavy atom. The molecule has 1 fully saturated rings. The summed E-state index contributed by atoms with van der Waals surface area (Å²) in [7, 11) is 0. The molecule has 0 heterocycles. The van der Waals surface area contributed by atoms with Gasteiger partial charge in [-0.2, -0.15) is 0 Å². The third-order valence-corrected chi connectivity index (χ3v) is 2.88. The molecule has 1 rings (SSSR count). The van der Waals surface area contributed by atoms with Gasteiger partial charge in [0.1, 0.15) is 0 Å². The molecule has 4 atom stereocenters. The lowest BCUT2D eigenvalue weighted by Gasteiger charge is -2.11. The van der Waals surface area contributed by atoms with E-state index in [9.17, 15) is 0 Å². The normalized spacial score (nSPS) is 52.0. The van der Waals surface area contributed by atoms with Crippen molar-refractivity contribution in [3.8, 4) is 0 Å². The quantitative estimate of drug-likeness (QED) is 0.511. The highest BCUT2D eigenvalue weighted by Gasteiger charge is 2.36. The second kappa shape index (κ2) is 2.62. The minimum absolute atomic E-state index is 0.0185. The van der Waals surface area contributed by atoms with E-state index in [4.69, 9.17) is 34.7 Å². The maximum absolute atomic E-state index is 5.77. The first-order valence-electron chi connectivity index (χ1n) is 2.92. The van der Waals surface area contributed by atoms with Gasteiger partial charge in [0.05, 0.1) is 10.8 Å². The zero-order chi connectivity index (χ0) is 7.02. The first-order chi connectivity index (χ1) is 4.13. The Bertz CT molecular complexity index is 97.1. The molecule has 1 aliphatic carbocycles. The fraction of sp³-hybridized carbons (Fsp3) is 1.00. The van der Waals surface area contributed by atoms with Crippen LogP contribution in [0.2, 0.25) is 0 Å². The molecular formula is C5H10Cl2N2. The van der Waals surface area contributed by atoms with Crippen molar-refractivity contribution >= 4 is 23.2 Å². The predicted octanol–water partition coefficient (Wildman–Crippen LogP) is 0.259. The van der Waals surface area contributed by atoms with Crippen LogP contribution in [0.4, 0.5) is 0 Å². The molecule has 0 radical (unpaired) electrons. The standard InChI is InChI=1S/C5H10Cl2N2/c6-2-1-3(8)5(9)4(2)7/h2-5H,1,8-9H2. The summed E-state index contributed by atoms with van der Waals surface area (Å²) in [4.78, 5) is 0. The molecule has 4 unspecified atom stereocenters. The van der Waals surface area contributed by atoms with E-state index in [1.54, 1.807) is 0 Å². The zero-order valence-corrected chi connectivity index (χ0v) is 6.44. The SMILES string of the molecule is NC1CC(Cl)C(Cl)C1N. The molecule has 9 heavy (non-hydrogen) atoms. The number of halogens is 2. The van der Waals surface area contributed by atoms with Crippen molar-refractivity contribution in [2.24, 2.45) is 11.5 Å². The molecule has 54 valence electrons. The van der Waals surface area contributed by atoms with Gasteiger partial charge in [-0.15, -0.1) is 23.2 Å². The summed E-state index contributed by atoms with van der Waals surface area (Å²) in [6, 6.07) is -0.149. The fourth-order valence-electron chi connectivity index (χ4n) is 1.02. The van der Waals surface area contributed by atoms with Gasteiger partial charge in [-0.05, 0) is 6.42 Å². The Kier molecular flexibility index (Phi) is 2.22. The van der Waals surface area contributed by atoms with Gasteiger partial charge in [0.2, 0.25) is 0 Å². The third-order valence-electron chi connectivity index (χ3n) is 1.70. The van der Waals surface area contributed by atoms with Crippen LogP contribution < -0.4 is 11.5 Å². The van der Waals surface area contributed by atoms with Gasteiger partial charge in [0.25, 0.3) is 0 Å². The van der Waals surface area contributed by atoms with Crippen molar-refractivity contribution in [3.63, 3.8) is 0 Å². The number of nitrogens with two attached hydrogens (primary N) is 2. The molecule has 0 aliphatic heterocycles. The van der Waals surface area contributed by atoms with E-state index >= 15 is 0 Å². The smallest absolute Gasteiger partial charge is 0.0666 e. The summed E-state index contributed by atoms with van der Waals surface area (Å²) in [6.45, 7) is 0.